The first-order valence-corrected chi connectivity index (χ1v) is 7.93. The molecule has 0 spiro atoms. The Hall–Kier alpha value is -1.03. The fraction of sp³-hybridized carbons (Fsp3) is 0.824. The lowest BCUT2D eigenvalue weighted by atomic mass is 9.90. The molecule has 0 aromatic carbocycles. The number of allylic oxidation sites excluding steroid dienone is 1. The number of carbonyl (C=O) groups excluding carboxylic acids is 1. The molecule has 1 amide bonds. The molecule has 0 aromatic heterocycles. The van der Waals surface area contributed by atoms with Gasteiger partial charge in [0.1, 0.15) is 5.60 Å². The van der Waals surface area contributed by atoms with Gasteiger partial charge in [-0.05, 0) is 53.9 Å². The fourth-order valence-corrected chi connectivity index (χ4v) is 2.47. The number of hydrogen-bond donors (Lipinski definition) is 0. The highest BCUT2D eigenvalue weighted by atomic mass is 16.6. The van der Waals surface area contributed by atoms with E-state index in [-0.39, 0.29) is 11.7 Å². The summed E-state index contributed by atoms with van der Waals surface area (Å²) in [6, 6.07) is 0. The van der Waals surface area contributed by atoms with Gasteiger partial charge in [0.05, 0.1) is 18.8 Å². The van der Waals surface area contributed by atoms with Gasteiger partial charge in [0.25, 0.3) is 0 Å². The summed E-state index contributed by atoms with van der Waals surface area (Å²) >= 11 is 0. The molecule has 4 nitrogen and oxygen atoms in total. The largest absolute Gasteiger partial charge is 0.444 e. The van der Waals surface area contributed by atoms with Crippen LogP contribution >= 0.6 is 0 Å². The van der Waals surface area contributed by atoms with Gasteiger partial charge in [-0.3, -0.25) is 0 Å². The van der Waals surface area contributed by atoms with E-state index in [1.807, 2.05) is 20.8 Å². The Morgan fingerprint density at radius 3 is 2.52 bits per heavy atom. The van der Waals surface area contributed by atoms with E-state index in [0.717, 1.165) is 25.8 Å². The maximum absolute atomic E-state index is 12.2. The Bertz CT molecular complexity index is 380. The monoisotopic (exact) mass is 297 g/mol. The topological polar surface area (TPSA) is 38.8 Å². The molecule has 1 atom stereocenters. The van der Waals surface area contributed by atoms with Crippen LogP contribution in [-0.2, 0) is 9.47 Å². The van der Waals surface area contributed by atoms with Crippen LogP contribution in [0.2, 0.25) is 0 Å². The first kappa shape index (κ1) is 18.0. The summed E-state index contributed by atoms with van der Waals surface area (Å²) < 4.78 is 11.6. The maximum Gasteiger partial charge on any atom is 0.410 e. The Balaban J connectivity index is 2.67. The van der Waals surface area contributed by atoms with E-state index >= 15 is 0 Å². The lowest BCUT2D eigenvalue weighted by Crippen LogP contribution is -2.52. The molecular formula is C17H31NO3. The van der Waals surface area contributed by atoms with Crippen molar-refractivity contribution in [2.24, 2.45) is 0 Å². The van der Waals surface area contributed by atoms with Gasteiger partial charge < -0.3 is 14.4 Å². The number of nitrogens with zero attached hydrogens (tertiary/aromatic N) is 1. The van der Waals surface area contributed by atoms with Crippen LogP contribution in [-0.4, -0.2) is 41.9 Å². The number of rotatable bonds is 4. The van der Waals surface area contributed by atoms with Crippen LogP contribution < -0.4 is 0 Å². The first-order valence-electron chi connectivity index (χ1n) is 7.93. The van der Waals surface area contributed by atoms with Gasteiger partial charge >= 0.3 is 6.09 Å². The zero-order chi connectivity index (χ0) is 16.1. The van der Waals surface area contributed by atoms with Crippen molar-refractivity contribution in [3.63, 3.8) is 0 Å². The van der Waals surface area contributed by atoms with Crippen molar-refractivity contribution < 1.29 is 14.3 Å². The summed E-state index contributed by atoms with van der Waals surface area (Å²) in [5.74, 6) is 0. The summed E-state index contributed by atoms with van der Waals surface area (Å²) in [6.07, 6.45) is 4.72. The normalized spacial score (nSPS) is 22.9. The molecule has 1 saturated heterocycles. The molecule has 1 rings (SSSR count). The Morgan fingerprint density at radius 1 is 1.33 bits per heavy atom. The Morgan fingerprint density at radius 2 is 2.00 bits per heavy atom. The Kier molecular flexibility index (Phi) is 6.26. The lowest BCUT2D eigenvalue weighted by Gasteiger charge is -2.42. The van der Waals surface area contributed by atoms with Crippen molar-refractivity contribution in [1.82, 2.24) is 4.90 Å². The van der Waals surface area contributed by atoms with E-state index in [9.17, 15) is 4.79 Å². The molecule has 1 aliphatic rings. The highest BCUT2D eigenvalue weighted by Crippen LogP contribution is 2.29. The summed E-state index contributed by atoms with van der Waals surface area (Å²) in [4.78, 5) is 14.0. The third kappa shape index (κ3) is 6.08. The number of carbonyl (C=O) groups is 1. The van der Waals surface area contributed by atoms with E-state index in [2.05, 4.69) is 26.8 Å². The summed E-state index contributed by atoms with van der Waals surface area (Å²) in [6.45, 7) is 13.9. The average molecular weight is 297 g/mol. The van der Waals surface area contributed by atoms with E-state index in [1.165, 1.54) is 5.57 Å². The molecule has 1 heterocycles. The maximum atomic E-state index is 12.2. The van der Waals surface area contributed by atoms with Gasteiger partial charge in [-0.1, -0.05) is 18.6 Å². The fourth-order valence-electron chi connectivity index (χ4n) is 2.47. The molecule has 1 aliphatic heterocycles. The SMILES string of the molecule is CCC1(OCC=C(C)C)CCCN(C(=O)OC(C)(C)C)C1. The molecule has 1 fully saturated rings. The third-order valence-electron chi connectivity index (χ3n) is 3.72. The molecule has 4 heteroatoms. The molecule has 0 radical (unpaired) electrons. The van der Waals surface area contributed by atoms with Gasteiger partial charge in [-0.2, -0.15) is 0 Å². The molecule has 0 aliphatic carbocycles. The van der Waals surface area contributed by atoms with Crippen molar-refractivity contribution in [2.75, 3.05) is 19.7 Å². The zero-order valence-corrected chi connectivity index (χ0v) is 14.5. The quantitative estimate of drug-likeness (QED) is 0.732. The van der Waals surface area contributed by atoms with Crippen LogP contribution in [0.25, 0.3) is 0 Å². The minimum atomic E-state index is -0.452. The Labute approximate surface area is 129 Å². The molecule has 1 unspecified atom stereocenters. The van der Waals surface area contributed by atoms with Crippen LogP contribution in [0.15, 0.2) is 11.6 Å². The second-order valence-electron chi connectivity index (χ2n) is 7.13. The van der Waals surface area contributed by atoms with Crippen molar-refractivity contribution in [1.29, 1.82) is 0 Å². The molecule has 122 valence electrons. The van der Waals surface area contributed by atoms with E-state index in [1.54, 1.807) is 4.90 Å². The minimum Gasteiger partial charge on any atom is -0.444 e. The molecular weight excluding hydrogens is 266 g/mol. The van der Waals surface area contributed by atoms with Crippen LogP contribution in [0.4, 0.5) is 4.79 Å². The molecule has 21 heavy (non-hydrogen) atoms. The number of amides is 1. The average Bonchev–Trinajstić information content (AvgIpc) is 2.36. The smallest absolute Gasteiger partial charge is 0.410 e. The number of likely N-dealkylation sites (tertiary alicyclic amines) is 1. The molecule has 0 aromatic rings. The minimum absolute atomic E-state index is 0.231. The van der Waals surface area contributed by atoms with E-state index < -0.39 is 5.60 Å². The summed E-state index contributed by atoms with van der Waals surface area (Å²) in [7, 11) is 0. The van der Waals surface area contributed by atoms with Crippen LogP contribution in [0.3, 0.4) is 0 Å². The summed E-state index contributed by atoms with van der Waals surface area (Å²) in [5.41, 5.74) is 0.564. The van der Waals surface area contributed by atoms with Gasteiger partial charge in [0.2, 0.25) is 0 Å². The molecule has 0 bridgehead atoms. The molecule has 0 saturated carbocycles. The number of piperidine rings is 1. The van der Waals surface area contributed by atoms with Crippen molar-refractivity contribution in [3.05, 3.63) is 11.6 Å². The van der Waals surface area contributed by atoms with Gasteiger partial charge in [-0.25, -0.2) is 4.79 Å². The van der Waals surface area contributed by atoms with Crippen LogP contribution in [0, 0.1) is 0 Å². The highest BCUT2D eigenvalue weighted by molar-refractivity contribution is 5.68. The van der Waals surface area contributed by atoms with Crippen molar-refractivity contribution in [3.8, 4) is 0 Å². The van der Waals surface area contributed by atoms with E-state index in [0.29, 0.717) is 13.2 Å². The van der Waals surface area contributed by atoms with Gasteiger partial charge in [-0.15, -0.1) is 0 Å². The highest BCUT2D eigenvalue weighted by Gasteiger charge is 2.37. The number of ether oxygens (including phenoxy) is 2. The molecule has 0 N–H and O–H groups in total. The third-order valence-corrected chi connectivity index (χ3v) is 3.72. The predicted octanol–water partition coefficient (Wildman–Crippen LogP) is 4.15. The van der Waals surface area contributed by atoms with Crippen LogP contribution in [0.5, 0.6) is 0 Å². The van der Waals surface area contributed by atoms with E-state index in [4.69, 9.17) is 9.47 Å². The number of hydrogen-bond acceptors (Lipinski definition) is 3. The summed E-state index contributed by atoms with van der Waals surface area (Å²) in [5, 5.41) is 0. The first-order chi connectivity index (χ1) is 9.67. The second kappa shape index (κ2) is 7.30. The lowest BCUT2D eigenvalue weighted by molar-refractivity contribution is -0.0838. The van der Waals surface area contributed by atoms with Crippen molar-refractivity contribution in [2.45, 2.75) is 72.0 Å². The standard InChI is InChI=1S/C17H31NO3/c1-7-17(20-12-9-14(2)3)10-8-11-18(13-17)15(19)21-16(4,5)6/h9H,7-8,10-13H2,1-6H3. The van der Waals surface area contributed by atoms with Crippen molar-refractivity contribution >= 4 is 6.09 Å². The van der Waals surface area contributed by atoms with Gasteiger partial charge in [0, 0.05) is 6.54 Å². The van der Waals surface area contributed by atoms with Crippen LogP contribution in [0.1, 0.15) is 60.8 Å². The second-order valence-corrected chi connectivity index (χ2v) is 7.13. The predicted molar refractivity (Wildman–Crippen MR) is 85.4 cm³/mol. The van der Waals surface area contributed by atoms with Gasteiger partial charge in [0.15, 0.2) is 0 Å². The zero-order valence-electron chi connectivity index (χ0n) is 14.5.